The number of rotatable bonds is 1. The van der Waals surface area contributed by atoms with Crippen LogP contribution in [-0.4, -0.2) is 35.2 Å². The Morgan fingerprint density at radius 2 is 1.79 bits per heavy atom. The second kappa shape index (κ2) is 6.69. The molecule has 3 saturated heterocycles. The average Bonchev–Trinajstić information content (AvgIpc) is 3.46. The van der Waals surface area contributed by atoms with Gasteiger partial charge in [-0.15, -0.1) is 0 Å². The summed E-state index contributed by atoms with van der Waals surface area (Å²) in [7, 11) is 0. The van der Waals surface area contributed by atoms with Gasteiger partial charge in [0.25, 0.3) is 0 Å². The van der Waals surface area contributed by atoms with Gasteiger partial charge in [-0.05, 0) is 50.9 Å². The number of halogens is 3. The van der Waals surface area contributed by atoms with Gasteiger partial charge in [0, 0.05) is 17.3 Å². The van der Waals surface area contributed by atoms with Crippen molar-refractivity contribution < 1.29 is 27.6 Å². The lowest BCUT2D eigenvalue weighted by molar-refractivity contribution is -0.138. The summed E-state index contributed by atoms with van der Waals surface area (Å²) in [6.45, 7) is 4.30. The van der Waals surface area contributed by atoms with Crippen molar-refractivity contribution in [3.8, 4) is 0 Å². The number of para-hydroxylation sites is 1. The summed E-state index contributed by atoms with van der Waals surface area (Å²) >= 11 is 0. The maximum atomic E-state index is 13.9. The first kappa shape index (κ1) is 21.3. The lowest BCUT2D eigenvalue weighted by Crippen LogP contribution is -2.54. The van der Waals surface area contributed by atoms with Crippen LogP contribution in [0.3, 0.4) is 0 Å². The first-order valence-electron chi connectivity index (χ1n) is 11.3. The van der Waals surface area contributed by atoms with Crippen molar-refractivity contribution in [2.24, 2.45) is 11.8 Å². The fraction of sp³-hybridized carbons (Fsp3) is 0.400. The number of amides is 3. The van der Waals surface area contributed by atoms with Gasteiger partial charge in [-0.3, -0.25) is 19.3 Å². The standard InChI is InChI=1S/C25H22F3N3O3/c1-12-10-13(2)20-15(11-12)24(23(34)29-20)19-18(17-8-5-9-30(17)24)21(32)31(22(19)33)16-7-4-3-6-14(16)25(26,27)28/h3-4,6-7,10-11,17-19H,5,8-9H2,1-2H3,(H,29,34). The van der Waals surface area contributed by atoms with E-state index in [4.69, 9.17) is 0 Å². The van der Waals surface area contributed by atoms with Gasteiger partial charge in [0.05, 0.1) is 23.1 Å². The van der Waals surface area contributed by atoms with Crippen molar-refractivity contribution in [3.63, 3.8) is 0 Å². The van der Waals surface area contributed by atoms with Gasteiger partial charge in [0.1, 0.15) is 5.54 Å². The third-order valence-corrected chi connectivity index (χ3v) is 7.89. The molecule has 1 spiro atoms. The Morgan fingerprint density at radius 1 is 1.06 bits per heavy atom. The molecule has 4 unspecified atom stereocenters. The quantitative estimate of drug-likeness (QED) is 0.646. The Hall–Kier alpha value is -3.20. The second-order valence-electron chi connectivity index (χ2n) is 9.66. The molecule has 176 valence electrons. The highest BCUT2D eigenvalue weighted by Gasteiger charge is 2.75. The van der Waals surface area contributed by atoms with Crippen LogP contribution in [-0.2, 0) is 26.1 Å². The zero-order valence-corrected chi connectivity index (χ0v) is 18.6. The number of fused-ring (bicyclic) bond motifs is 7. The molecule has 0 saturated carbocycles. The summed E-state index contributed by atoms with van der Waals surface area (Å²) in [6.07, 6.45) is -3.40. The van der Waals surface area contributed by atoms with Crippen LogP contribution in [0.2, 0.25) is 0 Å². The van der Waals surface area contributed by atoms with Crippen LogP contribution in [0, 0.1) is 25.7 Å². The molecule has 6 nitrogen and oxygen atoms in total. The smallest absolute Gasteiger partial charge is 0.324 e. The van der Waals surface area contributed by atoms with Gasteiger partial charge in [-0.25, -0.2) is 4.90 Å². The maximum Gasteiger partial charge on any atom is 0.418 e. The van der Waals surface area contributed by atoms with E-state index < -0.39 is 46.6 Å². The average molecular weight is 469 g/mol. The molecule has 4 heterocycles. The van der Waals surface area contributed by atoms with E-state index in [9.17, 15) is 27.6 Å². The number of hydrogen-bond acceptors (Lipinski definition) is 4. The number of carbonyl (C=O) groups excluding carboxylic acids is 3. The molecule has 4 aliphatic rings. The molecule has 4 atom stereocenters. The third kappa shape index (κ3) is 2.43. The lowest BCUT2D eigenvalue weighted by atomic mass is 9.75. The molecular formula is C25H22F3N3O3. The number of benzene rings is 2. The van der Waals surface area contributed by atoms with E-state index in [1.807, 2.05) is 30.9 Å². The first-order chi connectivity index (χ1) is 16.1. The van der Waals surface area contributed by atoms with Crippen molar-refractivity contribution in [3.05, 3.63) is 58.7 Å². The predicted octanol–water partition coefficient (Wildman–Crippen LogP) is 3.75. The molecule has 1 N–H and O–H groups in total. The highest BCUT2D eigenvalue weighted by Crippen LogP contribution is 2.61. The Morgan fingerprint density at radius 3 is 2.53 bits per heavy atom. The molecule has 2 aromatic carbocycles. The molecule has 0 radical (unpaired) electrons. The van der Waals surface area contributed by atoms with Crippen LogP contribution in [0.25, 0.3) is 0 Å². The van der Waals surface area contributed by atoms with E-state index in [1.54, 1.807) is 0 Å². The summed E-state index contributed by atoms with van der Waals surface area (Å²) < 4.78 is 41.3. The molecule has 3 fully saturated rings. The molecule has 0 bridgehead atoms. The number of nitrogens with zero attached hydrogens (tertiary/aromatic N) is 2. The highest BCUT2D eigenvalue weighted by atomic mass is 19.4. The Kier molecular flexibility index (Phi) is 4.20. The summed E-state index contributed by atoms with van der Waals surface area (Å²) in [5, 5.41) is 2.93. The van der Waals surface area contributed by atoms with Gasteiger partial charge in [-0.2, -0.15) is 13.2 Å². The zero-order valence-electron chi connectivity index (χ0n) is 18.6. The fourth-order valence-corrected chi connectivity index (χ4v) is 6.81. The van der Waals surface area contributed by atoms with Gasteiger partial charge in [0.15, 0.2) is 0 Å². The van der Waals surface area contributed by atoms with Gasteiger partial charge in [0.2, 0.25) is 17.7 Å². The molecule has 0 aromatic heterocycles. The summed E-state index contributed by atoms with van der Waals surface area (Å²) in [6, 6.07) is 8.02. The molecule has 34 heavy (non-hydrogen) atoms. The molecule has 2 aromatic rings. The second-order valence-corrected chi connectivity index (χ2v) is 9.66. The van der Waals surface area contributed by atoms with Crippen molar-refractivity contribution >= 4 is 29.1 Å². The van der Waals surface area contributed by atoms with E-state index in [0.717, 1.165) is 29.7 Å². The topological polar surface area (TPSA) is 69.7 Å². The van der Waals surface area contributed by atoms with E-state index in [0.29, 0.717) is 29.1 Å². The summed E-state index contributed by atoms with van der Waals surface area (Å²) in [4.78, 5) is 44.0. The van der Waals surface area contributed by atoms with Crippen molar-refractivity contribution in [2.45, 2.75) is 44.4 Å². The summed E-state index contributed by atoms with van der Waals surface area (Å²) in [5.74, 6) is -3.76. The first-order valence-corrected chi connectivity index (χ1v) is 11.3. The number of alkyl halides is 3. The van der Waals surface area contributed by atoms with Crippen LogP contribution in [0.1, 0.15) is 35.1 Å². The molecule has 0 aliphatic carbocycles. The van der Waals surface area contributed by atoms with Crippen molar-refractivity contribution in [1.82, 2.24) is 4.90 Å². The third-order valence-electron chi connectivity index (χ3n) is 7.89. The molecule has 9 heteroatoms. The number of anilines is 2. The van der Waals surface area contributed by atoms with Crippen LogP contribution in [0.15, 0.2) is 36.4 Å². The molecule has 3 amide bonds. The SMILES string of the molecule is Cc1cc(C)c2c(c1)C1(C(=O)N2)C2C(=O)N(c3ccccc3C(F)(F)F)C(=O)C2C2CCCN21. The molecular weight excluding hydrogens is 447 g/mol. The monoisotopic (exact) mass is 469 g/mol. The van der Waals surface area contributed by atoms with Crippen LogP contribution >= 0.6 is 0 Å². The van der Waals surface area contributed by atoms with Crippen molar-refractivity contribution in [1.29, 1.82) is 0 Å². The minimum absolute atomic E-state index is 0.386. The fourth-order valence-electron chi connectivity index (χ4n) is 6.81. The number of carbonyl (C=O) groups is 3. The minimum atomic E-state index is -4.74. The number of hydrogen-bond donors (Lipinski definition) is 1. The number of imide groups is 1. The lowest BCUT2D eigenvalue weighted by Gasteiger charge is -2.37. The van der Waals surface area contributed by atoms with Gasteiger partial charge in [-0.1, -0.05) is 29.8 Å². The Bertz CT molecular complexity index is 1290. The number of nitrogens with one attached hydrogen (secondary N) is 1. The van der Waals surface area contributed by atoms with Crippen LogP contribution in [0.5, 0.6) is 0 Å². The largest absolute Gasteiger partial charge is 0.418 e. The van der Waals surface area contributed by atoms with E-state index >= 15 is 0 Å². The maximum absolute atomic E-state index is 13.9. The predicted molar refractivity (Wildman–Crippen MR) is 117 cm³/mol. The van der Waals surface area contributed by atoms with E-state index in [-0.39, 0.29) is 11.9 Å². The van der Waals surface area contributed by atoms with E-state index in [1.165, 1.54) is 12.1 Å². The number of aryl methyl sites for hydroxylation is 2. The van der Waals surface area contributed by atoms with Crippen LogP contribution < -0.4 is 10.2 Å². The normalized spacial score (nSPS) is 30.2. The molecule has 4 aliphatic heterocycles. The Balaban J connectivity index is 1.58. The van der Waals surface area contributed by atoms with Crippen molar-refractivity contribution in [2.75, 3.05) is 16.8 Å². The molecule has 6 rings (SSSR count). The zero-order chi connectivity index (χ0) is 24.2. The van der Waals surface area contributed by atoms with Crippen LogP contribution in [0.4, 0.5) is 24.5 Å². The van der Waals surface area contributed by atoms with Gasteiger partial charge < -0.3 is 5.32 Å². The highest BCUT2D eigenvalue weighted by molar-refractivity contribution is 6.26. The van der Waals surface area contributed by atoms with Gasteiger partial charge >= 0.3 is 6.18 Å². The van der Waals surface area contributed by atoms with E-state index in [2.05, 4.69) is 5.32 Å². The minimum Gasteiger partial charge on any atom is -0.324 e. The summed E-state index contributed by atoms with van der Waals surface area (Å²) in [5.41, 5.74) is 0.0813. The Labute approximate surface area is 193 Å².